The van der Waals surface area contributed by atoms with Gasteiger partial charge in [0.05, 0.1) is 6.21 Å². The number of aromatic hydroxyl groups is 1. The number of nitrogens with zero attached hydrogens (tertiary/aromatic N) is 2. The Morgan fingerprint density at radius 1 is 1.26 bits per heavy atom. The minimum atomic E-state index is 0.231. The van der Waals surface area contributed by atoms with Crippen molar-refractivity contribution in [1.82, 2.24) is 4.98 Å². The van der Waals surface area contributed by atoms with Gasteiger partial charge in [0.2, 0.25) is 0 Å². The van der Waals surface area contributed by atoms with E-state index in [1.807, 2.05) is 30.3 Å². The molecule has 1 aromatic carbocycles. The topological polar surface area (TPSA) is 57.5 Å². The molecule has 0 saturated carbocycles. The summed E-state index contributed by atoms with van der Waals surface area (Å²) in [6.45, 7) is 3.66. The fourth-order valence-corrected chi connectivity index (χ4v) is 1.63. The summed E-state index contributed by atoms with van der Waals surface area (Å²) in [7, 11) is 0. The molecule has 2 rings (SSSR count). The molecule has 4 heteroatoms. The largest absolute Gasteiger partial charge is 0.507 e. The number of hydrogen-bond acceptors (Lipinski definition) is 4. The van der Waals surface area contributed by atoms with Crippen LogP contribution in [0.4, 0.5) is 5.82 Å². The fraction of sp³-hybridized carbons (Fsp3) is 0.0667. The highest BCUT2D eigenvalue weighted by molar-refractivity contribution is 5.84. The van der Waals surface area contributed by atoms with Gasteiger partial charge < -0.3 is 5.11 Å². The molecule has 0 spiro atoms. The van der Waals surface area contributed by atoms with Gasteiger partial charge in [-0.2, -0.15) is 5.10 Å². The van der Waals surface area contributed by atoms with Crippen LogP contribution in [0, 0.1) is 0 Å². The smallest absolute Gasteiger partial charge is 0.146 e. The molecule has 0 atom stereocenters. The van der Waals surface area contributed by atoms with Crippen LogP contribution in [0.5, 0.6) is 5.75 Å². The van der Waals surface area contributed by atoms with Crippen LogP contribution in [0.25, 0.3) is 0 Å². The molecule has 4 nitrogen and oxygen atoms in total. The van der Waals surface area contributed by atoms with Gasteiger partial charge >= 0.3 is 0 Å². The molecule has 19 heavy (non-hydrogen) atoms. The van der Waals surface area contributed by atoms with Crippen molar-refractivity contribution in [3.63, 3.8) is 0 Å². The van der Waals surface area contributed by atoms with Gasteiger partial charge in [0.1, 0.15) is 11.6 Å². The number of allylic oxidation sites excluding steroid dienone is 1. The predicted molar refractivity (Wildman–Crippen MR) is 77.5 cm³/mol. The summed E-state index contributed by atoms with van der Waals surface area (Å²) in [4.78, 5) is 4.08. The van der Waals surface area contributed by atoms with E-state index in [0.29, 0.717) is 17.8 Å². The van der Waals surface area contributed by atoms with Gasteiger partial charge in [-0.3, -0.25) is 5.43 Å². The number of hydrazone groups is 1. The summed E-state index contributed by atoms with van der Waals surface area (Å²) < 4.78 is 0. The van der Waals surface area contributed by atoms with Gasteiger partial charge in [-0.25, -0.2) is 4.98 Å². The summed E-state index contributed by atoms with van der Waals surface area (Å²) in [6.07, 6.45) is 5.62. The third-order valence-electron chi connectivity index (χ3n) is 2.56. The Labute approximate surface area is 112 Å². The Hall–Kier alpha value is -2.62. The first-order valence-electron chi connectivity index (χ1n) is 5.93. The number of phenols is 1. The van der Waals surface area contributed by atoms with Gasteiger partial charge in [-0.1, -0.05) is 24.3 Å². The van der Waals surface area contributed by atoms with Crippen molar-refractivity contribution in [3.8, 4) is 5.75 Å². The summed E-state index contributed by atoms with van der Waals surface area (Å²) in [6, 6.07) is 11.0. The fourth-order valence-electron chi connectivity index (χ4n) is 1.63. The molecular formula is C15H15N3O. The number of anilines is 1. The first-order chi connectivity index (χ1) is 9.31. The molecule has 0 fully saturated rings. The molecule has 0 unspecified atom stereocenters. The van der Waals surface area contributed by atoms with Crippen molar-refractivity contribution in [3.05, 3.63) is 66.4 Å². The normalized spacial score (nSPS) is 10.5. The highest BCUT2D eigenvalue weighted by Crippen LogP contribution is 2.21. The minimum absolute atomic E-state index is 0.231. The van der Waals surface area contributed by atoms with Crippen LogP contribution in [0.2, 0.25) is 0 Å². The molecule has 0 saturated heterocycles. The summed E-state index contributed by atoms with van der Waals surface area (Å²) >= 11 is 0. The van der Waals surface area contributed by atoms with Crippen LogP contribution in [-0.4, -0.2) is 16.3 Å². The van der Waals surface area contributed by atoms with Crippen molar-refractivity contribution >= 4 is 12.0 Å². The first kappa shape index (κ1) is 12.8. The Morgan fingerprint density at radius 3 is 2.89 bits per heavy atom. The Bertz CT molecular complexity index is 579. The van der Waals surface area contributed by atoms with Crippen molar-refractivity contribution in [2.75, 3.05) is 5.43 Å². The number of nitrogens with one attached hydrogen (secondary N) is 1. The van der Waals surface area contributed by atoms with Crippen LogP contribution in [-0.2, 0) is 6.42 Å². The zero-order valence-electron chi connectivity index (χ0n) is 10.5. The van der Waals surface area contributed by atoms with Crippen molar-refractivity contribution in [2.45, 2.75) is 6.42 Å². The third kappa shape index (κ3) is 3.42. The van der Waals surface area contributed by atoms with E-state index in [4.69, 9.17) is 0 Å². The van der Waals surface area contributed by atoms with Gasteiger partial charge in [-0.15, -0.1) is 6.58 Å². The quantitative estimate of drug-likeness (QED) is 0.489. The summed E-state index contributed by atoms with van der Waals surface area (Å²) in [5.41, 5.74) is 4.28. The lowest BCUT2D eigenvalue weighted by atomic mass is 10.1. The lowest BCUT2D eigenvalue weighted by Crippen LogP contribution is -1.94. The van der Waals surface area contributed by atoms with Crippen LogP contribution in [0.1, 0.15) is 11.1 Å². The number of pyridine rings is 1. The van der Waals surface area contributed by atoms with Crippen LogP contribution < -0.4 is 5.43 Å². The van der Waals surface area contributed by atoms with Crippen LogP contribution >= 0.6 is 0 Å². The molecule has 0 radical (unpaired) electrons. The number of phenolic OH excluding ortho intramolecular Hbond substituents is 1. The van der Waals surface area contributed by atoms with Crippen molar-refractivity contribution < 1.29 is 5.11 Å². The average Bonchev–Trinajstić information content (AvgIpc) is 2.44. The molecule has 0 aliphatic carbocycles. The molecule has 1 aromatic heterocycles. The number of hydrogen-bond donors (Lipinski definition) is 2. The van der Waals surface area contributed by atoms with Crippen LogP contribution in [0.15, 0.2) is 60.4 Å². The molecule has 96 valence electrons. The summed E-state index contributed by atoms with van der Waals surface area (Å²) in [5.74, 6) is 0.884. The standard InChI is InChI=1S/C15H15N3O/c1-2-6-12-7-5-8-13(15(12)19)11-17-18-14-9-3-4-10-16-14/h2-5,7-11,19H,1,6H2,(H,16,18). The van der Waals surface area contributed by atoms with E-state index >= 15 is 0 Å². The van der Waals surface area contributed by atoms with Gasteiger partial charge in [0, 0.05) is 11.8 Å². The minimum Gasteiger partial charge on any atom is -0.507 e. The van der Waals surface area contributed by atoms with Gasteiger partial charge in [0.15, 0.2) is 0 Å². The summed E-state index contributed by atoms with van der Waals surface area (Å²) in [5, 5.41) is 14.1. The van der Waals surface area contributed by atoms with Gasteiger partial charge in [-0.05, 0) is 30.2 Å². The number of rotatable bonds is 5. The molecule has 2 aromatic rings. The molecule has 0 amide bonds. The average molecular weight is 253 g/mol. The maximum Gasteiger partial charge on any atom is 0.146 e. The Morgan fingerprint density at radius 2 is 2.16 bits per heavy atom. The second kappa shape index (κ2) is 6.35. The SMILES string of the molecule is C=CCc1cccc(C=NNc2ccccn2)c1O. The van der Waals surface area contributed by atoms with E-state index in [2.05, 4.69) is 22.1 Å². The third-order valence-corrected chi connectivity index (χ3v) is 2.56. The number of benzene rings is 1. The van der Waals surface area contributed by atoms with E-state index in [1.54, 1.807) is 24.6 Å². The van der Waals surface area contributed by atoms with Crippen molar-refractivity contribution in [1.29, 1.82) is 0 Å². The first-order valence-corrected chi connectivity index (χ1v) is 5.93. The van der Waals surface area contributed by atoms with Gasteiger partial charge in [0.25, 0.3) is 0 Å². The lowest BCUT2D eigenvalue weighted by molar-refractivity contribution is 0.469. The van der Waals surface area contributed by atoms with Crippen molar-refractivity contribution in [2.24, 2.45) is 5.10 Å². The molecule has 2 N–H and O–H groups in total. The highest BCUT2D eigenvalue weighted by atomic mass is 16.3. The van der Waals surface area contributed by atoms with E-state index in [0.717, 1.165) is 5.56 Å². The maximum absolute atomic E-state index is 10.0. The monoisotopic (exact) mass is 253 g/mol. The number of aromatic nitrogens is 1. The van der Waals surface area contributed by atoms with Crippen LogP contribution in [0.3, 0.4) is 0 Å². The second-order valence-electron chi connectivity index (χ2n) is 3.93. The molecule has 1 heterocycles. The zero-order valence-corrected chi connectivity index (χ0v) is 10.5. The molecule has 0 aliphatic heterocycles. The van der Waals surface area contributed by atoms with E-state index < -0.39 is 0 Å². The molecule has 0 bridgehead atoms. The van der Waals surface area contributed by atoms with E-state index in [1.165, 1.54) is 0 Å². The lowest BCUT2D eigenvalue weighted by Gasteiger charge is -2.04. The Kier molecular flexibility index (Phi) is 4.29. The molecule has 0 aliphatic rings. The zero-order chi connectivity index (χ0) is 13.5. The maximum atomic E-state index is 10.0. The van der Waals surface area contributed by atoms with E-state index in [9.17, 15) is 5.11 Å². The predicted octanol–water partition coefficient (Wildman–Crippen LogP) is 2.96. The van der Waals surface area contributed by atoms with E-state index in [-0.39, 0.29) is 5.75 Å². The molecular weight excluding hydrogens is 238 g/mol. The second-order valence-corrected chi connectivity index (χ2v) is 3.93. The highest BCUT2D eigenvalue weighted by Gasteiger charge is 2.03. The number of para-hydroxylation sites is 1. The Balaban J connectivity index is 2.10.